The molecule has 0 bridgehead atoms. The summed E-state index contributed by atoms with van der Waals surface area (Å²) < 4.78 is 0. The monoisotopic (exact) mass is 353 g/mol. The van der Waals surface area contributed by atoms with E-state index in [1.54, 1.807) is 19.3 Å². The Balaban J connectivity index is 2.01. The Morgan fingerprint density at radius 1 is 1.27 bits per heavy atom. The fraction of sp³-hybridized carbons (Fsp3) is 0.500. The number of pyridine rings is 1. The summed E-state index contributed by atoms with van der Waals surface area (Å²) >= 11 is 0. The molecule has 0 spiro atoms. The van der Waals surface area contributed by atoms with Gasteiger partial charge in [-0.25, -0.2) is 9.97 Å². The molecule has 138 valence electrons. The van der Waals surface area contributed by atoms with Crippen LogP contribution in [-0.4, -0.2) is 38.3 Å². The summed E-state index contributed by atoms with van der Waals surface area (Å²) in [4.78, 5) is 27.4. The number of rotatable bonds is 6. The van der Waals surface area contributed by atoms with Gasteiger partial charge in [-0.15, -0.1) is 0 Å². The predicted molar refractivity (Wildman–Crippen MR) is 103 cm³/mol. The topological polar surface area (TPSA) is 71.0 Å². The molecule has 0 aliphatic carbocycles. The molecule has 2 aromatic heterocycles. The van der Waals surface area contributed by atoms with E-state index in [9.17, 15) is 4.79 Å². The third kappa shape index (κ3) is 4.00. The van der Waals surface area contributed by atoms with Crippen LogP contribution in [0.15, 0.2) is 24.5 Å². The number of fused-ring (bicyclic) bond motifs is 1. The van der Waals surface area contributed by atoms with E-state index >= 15 is 0 Å². The lowest BCUT2D eigenvalue weighted by atomic mass is 10.0. The van der Waals surface area contributed by atoms with E-state index in [2.05, 4.69) is 24.1 Å². The van der Waals surface area contributed by atoms with Crippen LogP contribution >= 0.6 is 0 Å². The molecule has 0 saturated carbocycles. The number of hydrogen-bond donors (Lipinski definition) is 1. The van der Waals surface area contributed by atoms with Gasteiger partial charge in [0.25, 0.3) is 0 Å². The first-order valence-electron chi connectivity index (χ1n) is 9.44. The first-order valence-corrected chi connectivity index (χ1v) is 9.44. The van der Waals surface area contributed by atoms with E-state index in [1.165, 1.54) is 0 Å². The highest BCUT2D eigenvalue weighted by Gasteiger charge is 2.24. The molecule has 6 nitrogen and oxygen atoms in total. The molecule has 1 N–H and O–H groups in total. The van der Waals surface area contributed by atoms with Crippen LogP contribution in [0, 0.1) is 0 Å². The van der Waals surface area contributed by atoms with Gasteiger partial charge in [0.2, 0.25) is 5.91 Å². The SMILES string of the molecule is CCC[C@@H](CC)Nc1nc(-c2ccncc2)nc2c1CCN(C(C)=O)C2. The van der Waals surface area contributed by atoms with Gasteiger partial charge in [-0.3, -0.25) is 9.78 Å². The summed E-state index contributed by atoms with van der Waals surface area (Å²) in [6.07, 6.45) is 7.58. The average molecular weight is 353 g/mol. The van der Waals surface area contributed by atoms with Crippen LogP contribution in [0.25, 0.3) is 11.4 Å². The molecule has 0 fully saturated rings. The molecule has 2 aromatic rings. The molecule has 26 heavy (non-hydrogen) atoms. The number of anilines is 1. The first-order chi connectivity index (χ1) is 12.6. The van der Waals surface area contributed by atoms with E-state index in [0.29, 0.717) is 18.4 Å². The Hall–Kier alpha value is -2.50. The van der Waals surface area contributed by atoms with Crippen molar-refractivity contribution in [3.05, 3.63) is 35.8 Å². The summed E-state index contributed by atoms with van der Waals surface area (Å²) in [6.45, 7) is 7.28. The normalized spacial score (nSPS) is 14.7. The van der Waals surface area contributed by atoms with Gasteiger partial charge in [0, 0.05) is 43.0 Å². The molecular weight excluding hydrogens is 326 g/mol. The third-order valence-electron chi connectivity index (χ3n) is 4.92. The summed E-state index contributed by atoms with van der Waals surface area (Å²) in [5.41, 5.74) is 3.03. The van der Waals surface area contributed by atoms with Crippen molar-refractivity contribution in [2.24, 2.45) is 0 Å². The number of hydrogen-bond acceptors (Lipinski definition) is 5. The molecule has 3 heterocycles. The zero-order valence-corrected chi connectivity index (χ0v) is 15.8. The number of nitrogens with zero attached hydrogens (tertiary/aromatic N) is 4. The van der Waals surface area contributed by atoms with Crippen LogP contribution in [0.5, 0.6) is 0 Å². The van der Waals surface area contributed by atoms with Crippen molar-refractivity contribution >= 4 is 11.7 Å². The van der Waals surface area contributed by atoms with Crippen molar-refractivity contribution in [2.45, 2.75) is 59.0 Å². The van der Waals surface area contributed by atoms with Crippen molar-refractivity contribution in [1.82, 2.24) is 19.9 Å². The lowest BCUT2D eigenvalue weighted by Crippen LogP contribution is -2.36. The first kappa shape index (κ1) is 18.3. The lowest BCUT2D eigenvalue weighted by molar-refractivity contribution is -0.129. The molecule has 6 heteroatoms. The van der Waals surface area contributed by atoms with E-state index in [0.717, 1.165) is 54.9 Å². The van der Waals surface area contributed by atoms with Gasteiger partial charge in [-0.2, -0.15) is 0 Å². The molecule has 0 aromatic carbocycles. The van der Waals surface area contributed by atoms with Gasteiger partial charge in [-0.05, 0) is 31.4 Å². The highest BCUT2D eigenvalue weighted by Crippen LogP contribution is 2.28. The lowest BCUT2D eigenvalue weighted by Gasteiger charge is -2.29. The molecule has 0 radical (unpaired) electrons. The molecule has 1 aliphatic heterocycles. The van der Waals surface area contributed by atoms with Crippen LogP contribution < -0.4 is 5.32 Å². The summed E-state index contributed by atoms with van der Waals surface area (Å²) in [7, 11) is 0. The maximum atomic E-state index is 11.8. The summed E-state index contributed by atoms with van der Waals surface area (Å²) in [6, 6.07) is 4.23. The van der Waals surface area contributed by atoms with Crippen molar-refractivity contribution in [3.8, 4) is 11.4 Å². The van der Waals surface area contributed by atoms with Crippen LogP contribution in [0.1, 0.15) is 51.3 Å². The maximum absolute atomic E-state index is 11.8. The van der Waals surface area contributed by atoms with Crippen LogP contribution in [0.3, 0.4) is 0 Å². The average Bonchev–Trinajstić information content (AvgIpc) is 2.67. The quantitative estimate of drug-likeness (QED) is 0.861. The Labute approximate surface area is 155 Å². The maximum Gasteiger partial charge on any atom is 0.219 e. The fourth-order valence-electron chi connectivity index (χ4n) is 3.37. The number of carbonyl (C=O) groups excluding carboxylic acids is 1. The zero-order chi connectivity index (χ0) is 18.5. The van der Waals surface area contributed by atoms with Crippen LogP contribution in [0.4, 0.5) is 5.82 Å². The minimum atomic E-state index is 0.0895. The molecule has 1 aliphatic rings. The minimum Gasteiger partial charge on any atom is -0.367 e. The van der Waals surface area contributed by atoms with Crippen molar-refractivity contribution < 1.29 is 4.79 Å². The molecule has 1 amide bonds. The minimum absolute atomic E-state index is 0.0895. The van der Waals surface area contributed by atoms with Gasteiger partial charge < -0.3 is 10.2 Å². The van der Waals surface area contributed by atoms with Crippen molar-refractivity contribution in [1.29, 1.82) is 0 Å². The van der Waals surface area contributed by atoms with E-state index in [1.807, 2.05) is 17.0 Å². The Bertz CT molecular complexity index is 762. The zero-order valence-electron chi connectivity index (χ0n) is 15.8. The van der Waals surface area contributed by atoms with Gasteiger partial charge in [0.05, 0.1) is 12.2 Å². The fourth-order valence-corrected chi connectivity index (χ4v) is 3.37. The number of amides is 1. The summed E-state index contributed by atoms with van der Waals surface area (Å²) in [5.74, 6) is 1.70. The third-order valence-corrected chi connectivity index (χ3v) is 4.92. The Kier molecular flexibility index (Phi) is 5.81. The largest absolute Gasteiger partial charge is 0.367 e. The molecule has 1 atom stereocenters. The standard InChI is InChI=1S/C20H27N5O/c1-4-6-16(5-2)22-20-17-9-12-25(14(3)26)13-18(17)23-19(24-20)15-7-10-21-11-8-15/h7-8,10-11,16H,4-6,9,12-13H2,1-3H3,(H,22,23,24)/t16-/m1/s1. The second-order valence-electron chi connectivity index (χ2n) is 6.79. The van der Waals surface area contributed by atoms with Gasteiger partial charge in [0.15, 0.2) is 5.82 Å². The Morgan fingerprint density at radius 2 is 2.04 bits per heavy atom. The highest BCUT2D eigenvalue weighted by molar-refractivity contribution is 5.74. The van der Waals surface area contributed by atoms with E-state index in [4.69, 9.17) is 9.97 Å². The van der Waals surface area contributed by atoms with Crippen molar-refractivity contribution in [2.75, 3.05) is 11.9 Å². The van der Waals surface area contributed by atoms with Gasteiger partial charge in [-0.1, -0.05) is 20.3 Å². The molecular formula is C20H27N5O. The highest BCUT2D eigenvalue weighted by atomic mass is 16.2. The molecule has 3 rings (SSSR count). The van der Waals surface area contributed by atoms with Crippen LogP contribution in [-0.2, 0) is 17.8 Å². The van der Waals surface area contributed by atoms with Gasteiger partial charge in [0.1, 0.15) is 5.82 Å². The number of carbonyl (C=O) groups is 1. The smallest absolute Gasteiger partial charge is 0.219 e. The second-order valence-corrected chi connectivity index (χ2v) is 6.79. The molecule has 0 saturated heterocycles. The predicted octanol–water partition coefficient (Wildman–Crippen LogP) is 3.43. The summed E-state index contributed by atoms with van der Waals surface area (Å²) in [5, 5.41) is 3.64. The van der Waals surface area contributed by atoms with Crippen LogP contribution in [0.2, 0.25) is 0 Å². The van der Waals surface area contributed by atoms with E-state index < -0.39 is 0 Å². The second kappa shape index (κ2) is 8.25. The van der Waals surface area contributed by atoms with E-state index in [-0.39, 0.29) is 5.91 Å². The number of nitrogens with one attached hydrogen (secondary N) is 1. The van der Waals surface area contributed by atoms with Crippen molar-refractivity contribution in [3.63, 3.8) is 0 Å². The number of aromatic nitrogens is 3. The Morgan fingerprint density at radius 3 is 2.69 bits per heavy atom. The molecule has 0 unspecified atom stereocenters. The van der Waals surface area contributed by atoms with Gasteiger partial charge >= 0.3 is 0 Å².